The number of hydrogen-bond acceptors (Lipinski definition) is 3. The summed E-state index contributed by atoms with van der Waals surface area (Å²) in [5.74, 6) is 0. The molecule has 0 aliphatic rings. The second kappa shape index (κ2) is 2.89. The van der Waals surface area contributed by atoms with Crippen molar-refractivity contribution >= 4 is 0 Å². The van der Waals surface area contributed by atoms with Crippen molar-refractivity contribution in [2.75, 3.05) is 0 Å². The molecule has 0 heterocycles. The molecule has 0 fully saturated rings. The van der Waals surface area contributed by atoms with Crippen molar-refractivity contribution in [2.45, 2.75) is 46.2 Å². The van der Waals surface area contributed by atoms with Gasteiger partial charge in [-0.05, 0) is 19.3 Å². The molecular formula is C8H18N2O. The van der Waals surface area contributed by atoms with Crippen molar-refractivity contribution in [1.82, 2.24) is 0 Å². The molecule has 0 aromatic carbocycles. The van der Waals surface area contributed by atoms with Crippen LogP contribution in [0, 0.1) is 10.3 Å². The first-order valence-corrected chi connectivity index (χ1v) is 3.85. The Hall–Kier alpha value is -0.440. The van der Waals surface area contributed by atoms with Gasteiger partial charge in [0.1, 0.15) is 6.04 Å². The van der Waals surface area contributed by atoms with Crippen LogP contribution in [0.2, 0.25) is 0 Å². The zero-order chi connectivity index (χ0) is 9.28. The highest BCUT2D eigenvalue weighted by atomic mass is 16.3. The summed E-state index contributed by atoms with van der Waals surface area (Å²) >= 11 is 0. The molecule has 0 saturated carbocycles. The number of hydrogen-bond donors (Lipinski definition) is 1. The van der Waals surface area contributed by atoms with Gasteiger partial charge in [-0.25, -0.2) is 0 Å². The van der Waals surface area contributed by atoms with Crippen LogP contribution in [0.5, 0.6) is 0 Å². The van der Waals surface area contributed by atoms with E-state index in [2.05, 4.69) is 5.18 Å². The molecule has 0 saturated heterocycles. The summed E-state index contributed by atoms with van der Waals surface area (Å²) in [5.41, 5.74) is 5.32. The normalized spacial score (nSPS) is 20.5. The zero-order valence-corrected chi connectivity index (χ0v) is 8.01. The van der Waals surface area contributed by atoms with Gasteiger partial charge in [-0.1, -0.05) is 25.9 Å². The van der Waals surface area contributed by atoms with Crippen molar-refractivity contribution in [3.63, 3.8) is 0 Å². The lowest BCUT2D eigenvalue weighted by Crippen LogP contribution is -2.55. The van der Waals surface area contributed by atoms with E-state index in [0.29, 0.717) is 0 Å². The van der Waals surface area contributed by atoms with Crippen LogP contribution in [0.25, 0.3) is 0 Å². The van der Waals surface area contributed by atoms with Crippen LogP contribution in [0.4, 0.5) is 0 Å². The Morgan fingerprint density at radius 3 is 1.73 bits per heavy atom. The monoisotopic (exact) mass is 158 g/mol. The van der Waals surface area contributed by atoms with Crippen molar-refractivity contribution in [1.29, 1.82) is 0 Å². The number of nitroso groups, excluding NO2 is 1. The van der Waals surface area contributed by atoms with E-state index in [0.717, 1.165) is 0 Å². The number of rotatable bonds is 2. The maximum Gasteiger partial charge on any atom is 0.107 e. The van der Waals surface area contributed by atoms with Crippen LogP contribution in [-0.2, 0) is 0 Å². The highest BCUT2D eigenvalue weighted by molar-refractivity contribution is 4.98. The van der Waals surface area contributed by atoms with Gasteiger partial charge in [0, 0.05) is 5.54 Å². The third-order valence-electron chi connectivity index (χ3n) is 2.64. The molecule has 3 heteroatoms. The molecule has 0 rings (SSSR count). The third-order valence-corrected chi connectivity index (χ3v) is 2.64. The lowest BCUT2D eigenvalue weighted by Gasteiger charge is -2.40. The summed E-state index contributed by atoms with van der Waals surface area (Å²) in [5, 5.41) is 2.95. The molecule has 0 aromatic heterocycles. The molecular weight excluding hydrogens is 140 g/mol. The van der Waals surface area contributed by atoms with Crippen LogP contribution >= 0.6 is 0 Å². The number of nitrogens with zero attached hydrogens (tertiary/aromatic N) is 1. The lowest BCUT2D eigenvalue weighted by molar-refractivity contribution is 0.179. The first-order chi connectivity index (χ1) is 4.73. The summed E-state index contributed by atoms with van der Waals surface area (Å²) < 4.78 is 0. The Morgan fingerprint density at radius 2 is 1.64 bits per heavy atom. The molecule has 0 radical (unpaired) electrons. The maximum atomic E-state index is 10.3. The Kier molecular flexibility index (Phi) is 2.78. The molecule has 0 bridgehead atoms. The van der Waals surface area contributed by atoms with E-state index in [1.54, 1.807) is 6.92 Å². The summed E-state index contributed by atoms with van der Waals surface area (Å²) in [6.07, 6.45) is 0. The molecule has 1 unspecified atom stereocenters. The first-order valence-electron chi connectivity index (χ1n) is 3.85. The van der Waals surface area contributed by atoms with E-state index in [1.807, 2.05) is 27.7 Å². The second-order valence-electron chi connectivity index (χ2n) is 4.31. The minimum Gasteiger partial charge on any atom is -0.323 e. The molecule has 2 N–H and O–H groups in total. The Labute approximate surface area is 68.3 Å². The summed E-state index contributed by atoms with van der Waals surface area (Å²) in [6.45, 7) is 9.63. The fraction of sp³-hybridized carbons (Fsp3) is 1.00. The average Bonchev–Trinajstić information content (AvgIpc) is 1.83. The summed E-state index contributed by atoms with van der Waals surface area (Å²) in [6, 6.07) is -0.345. The molecule has 0 aliphatic heterocycles. The fourth-order valence-corrected chi connectivity index (χ4v) is 0.736. The predicted molar refractivity (Wildman–Crippen MR) is 47.3 cm³/mol. The lowest BCUT2D eigenvalue weighted by atomic mass is 9.72. The van der Waals surface area contributed by atoms with E-state index < -0.39 is 5.54 Å². The average molecular weight is 158 g/mol. The van der Waals surface area contributed by atoms with Crippen molar-refractivity contribution in [3.8, 4) is 0 Å². The zero-order valence-electron chi connectivity index (χ0n) is 8.01. The highest BCUT2D eigenvalue weighted by Gasteiger charge is 2.39. The van der Waals surface area contributed by atoms with Gasteiger partial charge in [0.2, 0.25) is 0 Å². The smallest absolute Gasteiger partial charge is 0.107 e. The molecule has 0 aliphatic carbocycles. The Bertz CT molecular complexity index is 147. The van der Waals surface area contributed by atoms with Crippen LogP contribution in [0.15, 0.2) is 5.18 Å². The number of nitrogens with two attached hydrogens (primary N) is 1. The van der Waals surface area contributed by atoms with E-state index in [-0.39, 0.29) is 11.5 Å². The molecule has 2 atom stereocenters. The minimum atomic E-state index is -0.533. The van der Waals surface area contributed by atoms with Crippen molar-refractivity contribution < 1.29 is 0 Å². The molecule has 3 nitrogen and oxygen atoms in total. The Balaban J connectivity index is 4.58. The van der Waals surface area contributed by atoms with Crippen molar-refractivity contribution in [2.24, 2.45) is 16.3 Å². The van der Waals surface area contributed by atoms with Gasteiger partial charge in [0.15, 0.2) is 0 Å². The van der Waals surface area contributed by atoms with Crippen LogP contribution in [0.3, 0.4) is 0 Å². The first kappa shape index (κ1) is 10.6. The van der Waals surface area contributed by atoms with Gasteiger partial charge in [-0.2, -0.15) is 4.91 Å². The summed E-state index contributed by atoms with van der Waals surface area (Å²) in [7, 11) is 0. The van der Waals surface area contributed by atoms with Crippen LogP contribution in [0.1, 0.15) is 34.6 Å². The molecule has 0 amide bonds. The van der Waals surface area contributed by atoms with Gasteiger partial charge in [0.05, 0.1) is 0 Å². The van der Waals surface area contributed by atoms with Gasteiger partial charge in [-0.15, -0.1) is 0 Å². The van der Waals surface area contributed by atoms with E-state index in [9.17, 15) is 4.91 Å². The maximum absolute atomic E-state index is 10.3. The van der Waals surface area contributed by atoms with Gasteiger partial charge < -0.3 is 5.73 Å². The largest absolute Gasteiger partial charge is 0.323 e. The standard InChI is InChI=1S/C8H18N2O/c1-6(10-11)8(5,9)7(2,3)4/h6H,9H2,1-5H3/t6?,8-/m0/s1. The van der Waals surface area contributed by atoms with Gasteiger partial charge in [-0.3, -0.25) is 0 Å². The quantitative estimate of drug-likeness (QED) is 0.624. The van der Waals surface area contributed by atoms with Gasteiger partial charge >= 0.3 is 0 Å². The Morgan fingerprint density at radius 1 is 1.27 bits per heavy atom. The van der Waals surface area contributed by atoms with E-state index in [4.69, 9.17) is 5.73 Å². The van der Waals surface area contributed by atoms with E-state index >= 15 is 0 Å². The van der Waals surface area contributed by atoms with Crippen LogP contribution in [-0.4, -0.2) is 11.6 Å². The summed E-state index contributed by atoms with van der Waals surface area (Å²) in [4.78, 5) is 10.3. The van der Waals surface area contributed by atoms with Crippen LogP contribution < -0.4 is 5.73 Å². The topological polar surface area (TPSA) is 55.5 Å². The minimum absolute atomic E-state index is 0.0969. The third kappa shape index (κ3) is 1.99. The van der Waals surface area contributed by atoms with Gasteiger partial charge in [0.25, 0.3) is 0 Å². The molecule has 11 heavy (non-hydrogen) atoms. The predicted octanol–water partition coefficient (Wildman–Crippen LogP) is 1.90. The highest BCUT2D eigenvalue weighted by Crippen LogP contribution is 2.31. The fourth-order valence-electron chi connectivity index (χ4n) is 0.736. The molecule has 0 spiro atoms. The van der Waals surface area contributed by atoms with Crippen molar-refractivity contribution in [3.05, 3.63) is 4.91 Å². The molecule has 66 valence electrons. The van der Waals surface area contributed by atoms with E-state index in [1.165, 1.54) is 0 Å². The molecule has 0 aromatic rings. The second-order valence-corrected chi connectivity index (χ2v) is 4.31. The SMILES string of the molecule is CC(N=O)[C@](C)(N)C(C)(C)C.